The minimum absolute atomic E-state index is 0.165. The maximum atomic E-state index is 12.1. The summed E-state index contributed by atoms with van der Waals surface area (Å²) in [5.41, 5.74) is 0.799. The van der Waals surface area contributed by atoms with Gasteiger partial charge < -0.3 is 15.4 Å². The molecule has 2 N–H and O–H groups in total. The summed E-state index contributed by atoms with van der Waals surface area (Å²) in [6.07, 6.45) is 0. The molecule has 0 aromatic heterocycles. The number of rotatable bonds is 6. The second-order valence-electron chi connectivity index (χ2n) is 6.04. The maximum absolute atomic E-state index is 12.1. The molecule has 148 valence electrons. The van der Waals surface area contributed by atoms with Crippen LogP contribution in [0.1, 0.15) is 10.4 Å². The van der Waals surface area contributed by atoms with E-state index in [4.69, 9.17) is 27.9 Å². The first kappa shape index (κ1) is 20.6. The molecule has 0 saturated heterocycles. The van der Waals surface area contributed by atoms with E-state index >= 15 is 0 Å². The van der Waals surface area contributed by atoms with Crippen molar-refractivity contribution in [2.75, 3.05) is 18.5 Å². The SMILES string of the molecule is O=C(COC(=O)CNC(=O)c1ccc(Cl)cc1Cl)Nc1cccc2ccccc12. The van der Waals surface area contributed by atoms with Crippen LogP contribution in [0, 0.1) is 0 Å². The van der Waals surface area contributed by atoms with E-state index in [2.05, 4.69) is 10.6 Å². The molecule has 3 rings (SSSR count). The smallest absolute Gasteiger partial charge is 0.325 e. The van der Waals surface area contributed by atoms with Crippen LogP contribution in [0.25, 0.3) is 10.8 Å². The van der Waals surface area contributed by atoms with Gasteiger partial charge in [0.15, 0.2) is 6.61 Å². The lowest BCUT2D eigenvalue weighted by Crippen LogP contribution is -2.32. The number of amides is 2. The van der Waals surface area contributed by atoms with Gasteiger partial charge in [-0.25, -0.2) is 0 Å². The van der Waals surface area contributed by atoms with Gasteiger partial charge in [-0.1, -0.05) is 59.6 Å². The van der Waals surface area contributed by atoms with Crippen LogP contribution in [0.15, 0.2) is 60.7 Å². The van der Waals surface area contributed by atoms with Crippen LogP contribution in [0.2, 0.25) is 10.0 Å². The molecule has 0 spiro atoms. The van der Waals surface area contributed by atoms with Crippen molar-refractivity contribution in [3.05, 3.63) is 76.3 Å². The predicted molar refractivity (Wildman–Crippen MR) is 112 cm³/mol. The first-order chi connectivity index (χ1) is 13.9. The number of carbonyl (C=O) groups excluding carboxylic acids is 3. The lowest BCUT2D eigenvalue weighted by Gasteiger charge is -2.10. The molecule has 0 heterocycles. The van der Waals surface area contributed by atoms with Gasteiger partial charge in [-0.15, -0.1) is 0 Å². The Morgan fingerprint density at radius 2 is 1.69 bits per heavy atom. The highest BCUT2D eigenvalue weighted by molar-refractivity contribution is 6.36. The molecule has 0 aliphatic heterocycles. The van der Waals surface area contributed by atoms with Gasteiger partial charge >= 0.3 is 5.97 Å². The molecule has 0 bridgehead atoms. The quantitative estimate of drug-likeness (QED) is 0.577. The fraction of sp³-hybridized carbons (Fsp3) is 0.0952. The van der Waals surface area contributed by atoms with E-state index < -0.39 is 30.9 Å². The Kier molecular flexibility index (Phi) is 6.69. The van der Waals surface area contributed by atoms with Crippen molar-refractivity contribution in [2.24, 2.45) is 0 Å². The highest BCUT2D eigenvalue weighted by Gasteiger charge is 2.14. The van der Waals surface area contributed by atoms with Gasteiger partial charge in [-0.05, 0) is 29.7 Å². The number of hydrogen-bond acceptors (Lipinski definition) is 4. The molecule has 0 fully saturated rings. The second-order valence-corrected chi connectivity index (χ2v) is 6.89. The summed E-state index contributed by atoms with van der Waals surface area (Å²) in [6, 6.07) is 17.5. The van der Waals surface area contributed by atoms with Crippen LogP contribution in [0.4, 0.5) is 5.69 Å². The fourth-order valence-corrected chi connectivity index (χ4v) is 3.13. The zero-order valence-electron chi connectivity index (χ0n) is 15.1. The molecule has 29 heavy (non-hydrogen) atoms. The van der Waals surface area contributed by atoms with E-state index in [9.17, 15) is 14.4 Å². The van der Waals surface area contributed by atoms with Crippen molar-refractivity contribution in [1.29, 1.82) is 0 Å². The number of halogens is 2. The predicted octanol–water partition coefficient (Wildman–Crippen LogP) is 4.06. The number of fused-ring (bicyclic) bond motifs is 1. The minimum Gasteiger partial charge on any atom is -0.454 e. The summed E-state index contributed by atoms with van der Waals surface area (Å²) in [5.74, 6) is -1.79. The molecule has 0 radical (unpaired) electrons. The molecule has 2 amide bonds. The normalized spacial score (nSPS) is 10.4. The van der Waals surface area contributed by atoms with Crippen molar-refractivity contribution in [1.82, 2.24) is 5.32 Å². The molecule has 0 atom stereocenters. The summed E-state index contributed by atoms with van der Waals surface area (Å²) in [4.78, 5) is 36.0. The molecule has 3 aromatic rings. The van der Waals surface area contributed by atoms with Crippen LogP contribution < -0.4 is 10.6 Å². The van der Waals surface area contributed by atoms with Gasteiger partial charge in [0.05, 0.1) is 10.6 Å². The summed E-state index contributed by atoms with van der Waals surface area (Å²) in [6.45, 7) is -0.876. The third-order valence-corrected chi connectivity index (χ3v) is 4.54. The van der Waals surface area contributed by atoms with Crippen molar-refractivity contribution >= 4 is 57.4 Å². The van der Waals surface area contributed by atoms with E-state index in [1.54, 1.807) is 6.07 Å². The summed E-state index contributed by atoms with van der Waals surface area (Å²) >= 11 is 11.7. The lowest BCUT2D eigenvalue weighted by molar-refractivity contribution is -0.146. The third kappa shape index (κ3) is 5.47. The Labute approximate surface area is 176 Å². The molecule has 0 aliphatic carbocycles. The number of ether oxygens (including phenoxy) is 1. The fourth-order valence-electron chi connectivity index (χ4n) is 2.64. The Balaban J connectivity index is 1.49. The maximum Gasteiger partial charge on any atom is 0.325 e. The molecule has 6 nitrogen and oxygen atoms in total. The van der Waals surface area contributed by atoms with E-state index in [1.165, 1.54) is 18.2 Å². The van der Waals surface area contributed by atoms with Gasteiger partial charge in [0, 0.05) is 16.1 Å². The van der Waals surface area contributed by atoms with Crippen molar-refractivity contribution < 1.29 is 19.1 Å². The van der Waals surface area contributed by atoms with E-state index in [0.717, 1.165) is 10.8 Å². The molecule has 0 saturated carbocycles. The molecule has 8 heteroatoms. The monoisotopic (exact) mass is 430 g/mol. The number of esters is 1. The largest absolute Gasteiger partial charge is 0.454 e. The Bertz CT molecular complexity index is 1080. The van der Waals surface area contributed by atoms with Gasteiger partial charge in [0.1, 0.15) is 6.54 Å². The minimum atomic E-state index is -0.753. The summed E-state index contributed by atoms with van der Waals surface area (Å²) < 4.78 is 4.90. The van der Waals surface area contributed by atoms with E-state index in [0.29, 0.717) is 10.7 Å². The van der Waals surface area contributed by atoms with Crippen molar-refractivity contribution in [2.45, 2.75) is 0 Å². The average molecular weight is 431 g/mol. The second kappa shape index (κ2) is 9.41. The molecule has 0 unspecified atom stereocenters. The average Bonchev–Trinajstić information content (AvgIpc) is 2.71. The Morgan fingerprint density at radius 3 is 2.48 bits per heavy atom. The molecular formula is C21H16Cl2N2O4. The van der Waals surface area contributed by atoms with Crippen LogP contribution in [-0.4, -0.2) is 30.9 Å². The molecular weight excluding hydrogens is 415 g/mol. The van der Waals surface area contributed by atoms with Gasteiger partial charge in [-0.2, -0.15) is 0 Å². The summed E-state index contributed by atoms with van der Waals surface area (Å²) in [5, 5.41) is 7.51. The van der Waals surface area contributed by atoms with Crippen LogP contribution >= 0.6 is 23.2 Å². The molecule has 0 aliphatic rings. The topological polar surface area (TPSA) is 84.5 Å². The number of nitrogens with one attached hydrogen (secondary N) is 2. The van der Waals surface area contributed by atoms with Crippen LogP contribution in [0.5, 0.6) is 0 Å². The first-order valence-electron chi connectivity index (χ1n) is 8.60. The third-order valence-electron chi connectivity index (χ3n) is 4.00. The molecule has 3 aromatic carbocycles. The van der Waals surface area contributed by atoms with Crippen LogP contribution in [-0.2, 0) is 14.3 Å². The highest BCUT2D eigenvalue weighted by Crippen LogP contribution is 2.23. The number of carbonyl (C=O) groups is 3. The van der Waals surface area contributed by atoms with Crippen molar-refractivity contribution in [3.63, 3.8) is 0 Å². The van der Waals surface area contributed by atoms with E-state index in [1.807, 2.05) is 36.4 Å². The summed E-state index contributed by atoms with van der Waals surface area (Å²) in [7, 11) is 0. The Morgan fingerprint density at radius 1 is 0.931 bits per heavy atom. The number of hydrogen-bond donors (Lipinski definition) is 2. The number of benzene rings is 3. The first-order valence-corrected chi connectivity index (χ1v) is 9.36. The Hall–Kier alpha value is -3.09. The van der Waals surface area contributed by atoms with Gasteiger partial charge in [0.2, 0.25) is 0 Å². The highest BCUT2D eigenvalue weighted by atomic mass is 35.5. The zero-order valence-corrected chi connectivity index (χ0v) is 16.6. The van der Waals surface area contributed by atoms with Crippen molar-refractivity contribution in [3.8, 4) is 0 Å². The standard InChI is InChI=1S/C21H16Cl2N2O4/c22-14-8-9-16(17(23)10-14)21(28)24-11-20(27)29-12-19(26)25-18-7-3-5-13-4-1-2-6-15(13)18/h1-10H,11-12H2,(H,24,28)(H,25,26). The van der Waals surface area contributed by atoms with Crippen LogP contribution in [0.3, 0.4) is 0 Å². The number of anilines is 1. The zero-order chi connectivity index (χ0) is 20.8. The van der Waals surface area contributed by atoms with E-state index in [-0.39, 0.29) is 10.6 Å². The van der Waals surface area contributed by atoms with Gasteiger partial charge in [-0.3, -0.25) is 14.4 Å². The lowest BCUT2D eigenvalue weighted by atomic mass is 10.1. The van der Waals surface area contributed by atoms with Gasteiger partial charge in [0.25, 0.3) is 11.8 Å².